The minimum atomic E-state index is -0.606. The highest BCUT2D eigenvalue weighted by atomic mass is 16.5. The molecule has 0 bridgehead atoms. The van der Waals surface area contributed by atoms with Crippen LogP contribution >= 0.6 is 0 Å². The van der Waals surface area contributed by atoms with E-state index < -0.39 is 5.54 Å². The van der Waals surface area contributed by atoms with E-state index in [0.29, 0.717) is 0 Å². The summed E-state index contributed by atoms with van der Waals surface area (Å²) in [4.78, 5) is 13.7. The fraction of sp³-hybridized carbons (Fsp3) is 0.500. The third kappa shape index (κ3) is 2.62. The highest BCUT2D eigenvalue weighted by Gasteiger charge is 2.43. The molecule has 4 heteroatoms. The number of rotatable bonds is 5. The molecule has 1 aromatic rings. The van der Waals surface area contributed by atoms with Crippen LogP contribution in [0.25, 0.3) is 0 Å². The quantitative estimate of drug-likeness (QED) is 0.827. The normalized spacial score (nSPS) is 15.8. The van der Waals surface area contributed by atoms with Crippen molar-refractivity contribution < 1.29 is 9.53 Å². The van der Waals surface area contributed by atoms with Gasteiger partial charge in [-0.15, -0.1) is 0 Å². The summed E-state index contributed by atoms with van der Waals surface area (Å²) in [5.41, 5.74) is 0.478. The van der Waals surface area contributed by atoms with E-state index in [1.807, 2.05) is 24.3 Å². The number of hydrogen-bond donors (Lipinski definition) is 0. The lowest BCUT2D eigenvalue weighted by atomic mass is 9.77. The van der Waals surface area contributed by atoms with Gasteiger partial charge in [0.05, 0.1) is 6.07 Å². The number of para-hydroxylation sites is 1. The van der Waals surface area contributed by atoms with Gasteiger partial charge in [0, 0.05) is 7.05 Å². The summed E-state index contributed by atoms with van der Waals surface area (Å²) in [5.74, 6) is 0.605. The highest BCUT2D eigenvalue weighted by molar-refractivity contribution is 5.79. The Kier molecular flexibility index (Phi) is 4.29. The summed E-state index contributed by atoms with van der Waals surface area (Å²) in [6.07, 6.45) is 3.39. The van der Waals surface area contributed by atoms with Crippen LogP contribution in [0.2, 0.25) is 0 Å². The lowest BCUT2D eigenvalue weighted by Gasteiger charge is -2.42. The van der Waals surface area contributed by atoms with Crippen LogP contribution in [0.3, 0.4) is 0 Å². The first-order valence-electron chi connectivity index (χ1n) is 7.01. The summed E-state index contributed by atoms with van der Waals surface area (Å²) in [6.45, 7) is 2.03. The largest absolute Gasteiger partial charge is 0.483 e. The van der Waals surface area contributed by atoms with E-state index in [1.54, 1.807) is 11.9 Å². The lowest BCUT2D eigenvalue weighted by Crippen LogP contribution is -2.54. The molecule has 1 saturated carbocycles. The Labute approximate surface area is 120 Å². The number of amides is 1. The summed E-state index contributed by atoms with van der Waals surface area (Å²) >= 11 is 0. The van der Waals surface area contributed by atoms with Gasteiger partial charge < -0.3 is 9.64 Å². The molecule has 1 amide bonds. The molecule has 2 rings (SSSR count). The van der Waals surface area contributed by atoms with Crippen LogP contribution in [-0.2, 0) is 11.2 Å². The maximum Gasteiger partial charge on any atom is 0.261 e. The van der Waals surface area contributed by atoms with E-state index in [4.69, 9.17) is 4.74 Å². The van der Waals surface area contributed by atoms with Crippen LogP contribution in [-0.4, -0.2) is 30.0 Å². The molecule has 4 nitrogen and oxygen atoms in total. The fourth-order valence-electron chi connectivity index (χ4n) is 2.45. The molecule has 0 N–H and O–H groups in total. The fourth-order valence-corrected chi connectivity index (χ4v) is 2.45. The summed E-state index contributed by atoms with van der Waals surface area (Å²) in [7, 11) is 1.69. The molecule has 0 unspecified atom stereocenters. The Hall–Kier alpha value is -2.02. The molecule has 0 aliphatic heterocycles. The molecule has 0 spiro atoms. The van der Waals surface area contributed by atoms with Crippen molar-refractivity contribution in [3.63, 3.8) is 0 Å². The van der Waals surface area contributed by atoms with E-state index in [0.717, 1.165) is 37.0 Å². The van der Waals surface area contributed by atoms with Crippen molar-refractivity contribution >= 4 is 5.91 Å². The topological polar surface area (TPSA) is 53.3 Å². The van der Waals surface area contributed by atoms with Crippen LogP contribution in [0.4, 0.5) is 0 Å². The lowest BCUT2D eigenvalue weighted by molar-refractivity contribution is -0.138. The summed E-state index contributed by atoms with van der Waals surface area (Å²) in [6, 6.07) is 9.98. The van der Waals surface area contributed by atoms with E-state index in [9.17, 15) is 10.1 Å². The monoisotopic (exact) mass is 272 g/mol. The van der Waals surface area contributed by atoms with Crippen LogP contribution < -0.4 is 4.74 Å². The SMILES string of the molecule is CCc1ccccc1OCC(=O)N(C)C1(C#N)CCC1. The predicted octanol–water partition coefficient (Wildman–Crippen LogP) is 2.53. The van der Waals surface area contributed by atoms with Gasteiger partial charge >= 0.3 is 0 Å². The van der Waals surface area contributed by atoms with Gasteiger partial charge in [0.1, 0.15) is 11.3 Å². The molecule has 1 aromatic carbocycles. The van der Waals surface area contributed by atoms with Gasteiger partial charge in [0.2, 0.25) is 0 Å². The number of benzene rings is 1. The van der Waals surface area contributed by atoms with Crippen molar-refractivity contribution in [3.05, 3.63) is 29.8 Å². The van der Waals surface area contributed by atoms with Crippen molar-refractivity contribution in [2.75, 3.05) is 13.7 Å². The van der Waals surface area contributed by atoms with Gasteiger partial charge in [0.15, 0.2) is 6.61 Å². The maximum atomic E-state index is 12.2. The Bertz CT molecular complexity index is 530. The standard InChI is InChI=1S/C16H20N2O2/c1-3-13-7-4-5-8-14(13)20-11-15(19)18(2)16(12-17)9-6-10-16/h4-5,7-8H,3,6,9-11H2,1-2H3. The van der Waals surface area contributed by atoms with Gasteiger partial charge in [0.25, 0.3) is 5.91 Å². The molecule has 1 aliphatic rings. The van der Waals surface area contributed by atoms with Crippen molar-refractivity contribution in [3.8, 4) is 11.8 Å². The number of hydrogen-bond acceptors (Lipinski definition) is 3. The van der Waals surface area contributed by atoms with Crippen molar-refractivity contribution in [1.82, 2.24) is 4.90 Å². The number of carbonyl (C=O) groups excluding carboxylic acids is 1. The van der Waals surface area contributed by atoms with E-state index >= 15 is 0 Å². The number of aryl methyl sites for hydroxylation is 1. The van der Waals surface area contributed by atoms with E-state index in [-0.39, 0.29) is 12.5 Å². The molecule has 0 aromatic heterocycles. The van der Waals surface area contributed by atoms with E-state index in [2.05, 4.69) is 13.0 Å². The molecule has 0 heterocycles. The first-order chi connectivity index (χ1) is 9.63. The third-order valence-corrected chi connectivity index (χ3v) is 4.11. The molecule has 0 atom stereocenters. The van der Waals surface area contributed by atoms with Crippen molar-refractivity contribution in [2.45, 2.75) is 38.1 Å². The average molecular weight is 272 g/mol. The molecule has 1 aliphatic carbocycles. The Morgan fingerprint density at radius 3 is 2.70 bits per heavy atom. The van der Waals surface area contributed by atoms with Crippen LogP contribution in [0.1, 0.15) is 31.7 Å². The van der Waals surface area contributed by atoms with Gasteiger partial charge in [-0.25, -0.2) is 0 Å². The number of nitriles is 1. The number of likely N-dealkylation sites (N-methyl/N-ethyl adjacent to an activating group) is 1. The zero-order valence-corrected chi connectivity index (χ0v) is 12.1. The Morgan fingerprint density at radius 2 is 2.15 bits per heavy atom. The Balaban J connectivity index is 1.97. The second-order valence-electron chi connectivity index (χ2n) is 5.20. The minimum absolute atomic E-state index is 0.0169. The smallest absolute Gasteiger partial charge is 0.261 e. The molecule has 0 radical (unpaired) electrons. The zero-order chi connectivity index (χ0) is 14.6. The first-order valence-corrected chi connectivity index (χ1v) is 7.01. The molecule has 0 saturated heterocycles. The average Bonchev–Trinajstić information content (AvgIpc) is 2.44. The van der Waals surface area contributed by atoms with Crippen molar-refractivity contribution in [2.24, 2.45) is 0 Å². The maximum absolute atomic E-state index is 12.2. The van der Waals surface area contributed by atoms with Crippen LogP contribution in [0.5, 0.6) is 5.75 Å². The summed E-state index contributed by atoms with van der Waals surface area (Å²) < 4.78 is 5.62. The summed E-state index contributed by atoms with van der Waals surface area (Å²) in [5, 5.41) is 9.24. The molecular formula is C16H20N2O2. The van der Waals surface area contributed by atoms with Gasteiger partial charge in [-0.2, -0.15) is 5.26 Å². The second-order valence-corrected chi connectivity index (χ2v) is 5.20. The van der Waals surface area contributed by atoms with Crippen molar-refractivity contribution in [1.29, 1.82) is 5.26 Å². The number of ether oxygens (including phenoxy) is 1. The number of carbonyl (C=O) groups is 1. The van der Waals surface area contributed by atoms with E-state index in [1.165, 1.54) is 0 Å². The van der Waals surface area contributed by atoms with Gasteiger partial charge in [-0.05, 0) is 37.3 Å². The number of nitrogens with zero attached hydrogens (tertiary/aromatic N) is 2. The first kappa shape index (κ1) is 14.4. The van der Waals surface area contributed by atoms with Crippen LogP contribution in [0.15, 0.2) is 24.3 Å². The van der Waals surface area contributed by atoms with Crippen LogP contribution in [0, 0.1) is 11.3 Å². The van der Waals surface area contributed by atoms with Gasteiger partial charge in [-0.1, -0.05) is 25.1 Å². The zero-order valence-electron chi connectivity index (χ0n) is 12.1. The van der Waals surface area contributed by atoms with Gasteiger partial charge in [-0.3, -0.25) is 4.79 Å². The minimum Gasteiger partial charge on any atom is -0.483 e. The highest BCUT2D eigenvalue weighted by Crippen LogP contribution is 2.36. The molecule has 106 valence electrons. The Morgan fingerprint density at radius 1 is 1.45 bits per heavy atom. The molecular weight excluding hydrogens is 252 g/mol. The molecule has 1 fully saturated rings. The third-order valence-electron chi connectivity index (χ3n) is 4.11. The second kappa shape index (κ2) is 5.96. The molecule has 20 heavy (non-hydrogen) atoms. The predicted molar refractivity (Wildman–Crippen MR) is 76.3 cm³/mol.